The molecule has 2 aliphatic rings. The lowest BCUT2D eigenvalue weighted by Gasteiger charge is -2.33. The Labute approximate surface area is 89.5 Å². The molecule has 2 unspecified atom stereocenters. The number of fused-ring (bicyclic) bond motifs is 3. The molecule has 0 aliphatic carbocycles. The predicted molar refractivity (Wildman–Crippen MR) is 60.2 cm³/mol. The number of aryl methyl sites for hydroxylation is 1. The molecule has 15 heavy (non-hydrogen) atoms. The Hall–Kier alpha value is -1.22. The highest BCUT2D eigenvalue weighted by atomic mass is 16.3. The number of nitrogens with two attached hydrogens (primary N) is 1. The number of rotatable bonds is 0. The molecule has 1 aromatic carbocycles. The van der Waals surface area contributed by atoms with Crippen molar-refractivity contribution in [3.8, 4) is 5.75 Å². The van der Waals surface area contributed by atoms with Crippen LogP contribution in [0, 0.1) is 0 Å². The normalized spacial score (nSPS) is 28.7. The zero-order valence-corrected chi connectivity index (χ0v) is 8.69. The molecular formula is C12H16N2O. The molecule has 3 nitrogen and oxygen atoms in total. The minimum atomic E-state index is 0.295. The van der Waals surface area contributed by atoms with Gasteiger partial charge in [0.05, 0.1) is 0 Å². The van der Waals surface area contributed by atoms with Crippen LogP contribution in [0.3, 0.4) is 0 Å². The van der Waals surface area contributed by atoms with Crippen LogP contribution in [-0.2, 0) is 6.42 Å². The van der Waals surface area contributed by atoms with Crippen LogP contribution >= 0.6 is 0 Å². The molecule has 0 amide bonds. The zero-order chi connectivity index (χ0) is 10.4. The maximum absolute atomic E-state index is 9.52. The number of hydrogen-bond donors (Lipinski definition) is 2. The van der Waals surface area contributed by atoms with Gasteiger partial charge in [0.2, 0.25) is 0 Å². The number of phenolic OH excluding ortho intramolecular Hbond substituents is 1. The molecule has 80 valence electrons. The van der Waals surface area contributed by atoms with Crippen molar-refractivity contribution in [2.75, 3.05) is 11.4 Å². The van der Waals surface area contributed by atoms with Crippen molar-refractivity contribution in [2.24, 2.45) is 5.73 Å². The van der Waals surface area contributed by atoms with Crippen molar-refractivity contribution in [1.82, 2.24) is 0 Å². The van der Waals surface area contributed by atoms with Gasteiger partial charge in [-0.3, -0.25) is 0 Å². The van der Waals surface area contributed by atoms with Crippen LogP contribution < -0.4 is 10.6 Å². The van der Waals surface area contributed by atoms with Gasteiger partial charge in [-0.15, -0.1) is 0 Å². The van der Waals surface area contributed by atoms with Crippen LogP contribution in [0.4, 0.5) is 5.69 Å². The van der Waals surface area contributed by atoms with Crippen molar-refractivity contribution in [2.45, 2.75) is 31.3 Å². The Morgan fingerprint density at radius 2 is 2.27 bits per heavy atom. The van der Waals surface area contributed by atoms with E-state index in [1.807, 2.05) is 12.1 Å². The monoisotopic (exact) mass is 204 g/mol. The quantitative estimate of drug-likeness (QED) is 0.668. The van der Waals surface area contributed by atoms with Crippen LogP contribution in [0.25, 0.3) is 0 Å². The third kappa shape index (κ3) is 1.38. The van der Waals surface area contributed by atoms with Gasteiger partial charge in [0.25, 0.3) is 0 Å². The fourth-order valence-corrected chi connectivity index (χ4v) is 2.87. The first-order chi connectivity index (χ1) is 7.24. The molecule has 3 rings (SSSR count). The average Bonchev–Trinajstić information content (AvgIpc) is 2.58. The van der Waals surface area contributed by atoms with E-state index in [2.05, 4.69) is 4.90 Å². The fraction of sp³-hybridized carbons (Fsp3) is 0.500. The number of anilines is 1. The number of hydrogen-bond acceptors (Lipinski definition) is 3. The summed E-state index contributed by atoms with van der Waals surface area (Å²) in [6, 6.07) is 6.57. The SMILES string of the molecule is NC1CC2CCc3ccc(O)cc3N2C1. The molecule has 0 radical (unpaired) electrons. The van der Waals surface area contributed by atoms with E-state index >= 15 is 0 Å². The molecule has 3 N–H and O–H groups in total. The van der Waals surface area contributed by atoms with Crippen LogP contribution in [0.5, 0.6) is 5.75 Å². The zero-order valence-electron chi connectivity index (χ0n) is 8.69. The molecule has 1 fully saturated rings. The highest BCUT2D eigenvalue weighted by molar-refractivity contribution is 5.60. The molecule has 2 atom stereocenters. The van der Waals surface area contributed by atoms with Crippen molar-refractivity contribution in [3.63, 3.8) is 0 Å². The lowest BCUT2D eigenvalue weighted by atomic mass is 9.96. The van der Waals surface area contributed by atoms with Gasteiger partial charge >= 0.3 is 0 Å². The van der Waals surface area contributed by atoms with Crippen molar-refractivity contribution < 1.29 is 5.11 Å². The summed E-state index contributed by atoms with van der Waals surface area (Å²) >= 11 is 0. The van der Waals surface area contributed by atoms with Crippen LogP contribution in [0.15, 0.2) is 18.2 Å². The fourth-order valence-electron chi connectivity index (χ4n) is 2.87. The Kier molecular flexibility index (Phi) is 1.89. The first-order valence-corrected chi connectivity index (χ1v) is 5.58. The standard InChI is InChI=1S/C12H16N2O/c13-9-5-10-3-1-8-2-4-11(15)6-12(8)14(10)7-9/h2,4,6,9-10,15H,1,3,5,7,13H2. The summed E-state index contributed by atoms with van der Waals surface area (Å²) in [7, 11) is 0. The second-order valence-corrected chi connectivity index (χ2v) is 4.65. The van der Waals surface area contributed by atoms with E-state index in [0.717, 1.165) is 19.4 Å². The highest BCUT2D eigenvalue weighted by Crippen LogP contribution is 2.37. The topological polar surface area (TPSA) is 49.5 Å². The lowest BCUT2D eigenvalue weighted by molar-refractivity contribution is 0.473. The Morgan fingerprint density at radius 1 is 1.40 bits per heavy atom. The average molecular weight is 204 g/mol. The Morgan fingerprint density at radius 3 is 3.13 bits per heavy atom. The number of aromatic hydroxyl groups is 1. The number of nitrogens with zero attached hydrogens (tertiary/aromatic N) is 1. The number of phenols is 1. The van der Waals surface area contributed by atoms with Crippen LogP contribution in [0.2, 0.25) is 0 Å². The summed E-state index contributed by atoms with van der Waals surface area (Å²) < 4.78 is 0. The molecule has 1 saturated heterocycles. The summed E-state index contributed by atoms with van der Waals surface area (Å²) in [5.41, 5.74) is 8.52. The largest absolute Gasteiger partial charge is 0.508 e. The summed E-state index contributed by atoms with van der Waals surface area (Å²) in [5.74, 6) is 0.356. The van der Waals surface area contributed by atoms with E-state index in [4.69, 9.17) is 5.73 Å². The van der Waals surface area contributed by atoms with Gasteiger partial charge in [-0.25, -0.2) is 0 Å². The number of benzene rings is 1. The first-order valence-electron chi connectivity index (χ1n) is 5.58. The third-order valence-corrected chi connectivity index (χ3v) is 3.57. The maximum Gasteiger partial charge on any atom is 0.117 e. The van der Waals surface area contributed by atoms with Gasteiger partial charge in [-0.1, -0.05) is 6.07 Å². The van der Waals surface area contributed by atoms with Gasteiger partial charge < -0.3 is 15.7 Å². The summed E-state index contributed by atoms with van der Waals surface area (Å²) in [5, 5.41) is 9.52. The maximum atomic E-state index is 9.52. The van der Waals surface area contributed by atoms with Crippen LogP contribution in [0.1, 0.15) is 18.4 Å². The molecule has 0 spiro atoms. The van der Waals surface area contributed by atoms with E-state index in [1.54, 1.807) is 6.07 Å². The summed E-state index contributed by atoms with van der Waals surface area (Å²) in [4.78, 5) is 2.36. The van der Waals surface area contributed by atoms with Gasteiger partial charge in [0, 0.05) is 30.4 Å². The highest BCUT2D eigenvalue weighted by Gasteiger charge is 2.34. The second-order valence-electron chi connectivity index (χ2n) is 4.65. The van der Waals surface area contributed by atoms with Gasteiger partial charge in [0.1, 0.15) is 5.75 Å². The molecule has 2 aliphatic heterocycles. The van der Waals surface area contributed by atoms with Gasteiger partial charge in [0.15, 0.2) is 0 Å². The molecule has 0 aromatic heterocycles. The van der Waals surface area contributed by atoms with E-state index in [0.29, 0.717) is 17.8 Å². The molecule has 2 heterocycles. The molecule has 1 aromatic rings. The second kappa shape index (κ2) is 3.14. The Bertz CT molecular complexity index is 391. The minimum Gasteiger partial charge on any atom is -0.508 e. The lowest BCUT2D eigenvalue weighted by Crippen LogP contribution is -2.34. The van der Waals surface area contributed by atoms with Crippen molar-refractivity contribution >= 4 is 5.69 Å². The summed E-state index contributed by atoms with van der Waals surface area (Å²) in [6.07, 6.45) is 3.41. The molecular weight excluding hydrogens is 188 g/mol. The minimum absolute atomic E-state index is 0.295. The third-order valence-electron chi connectivity index (χ3n) is 3.57. The van der Waals surface area contributed by atoms with E-state index in [9.17, 15) is 5.11 Å². The van der Waals surface area contributed by atoms with Gasteiger partial charge in [-0.2, -0.15) is 0 Å². The van der Waals surface area contributed by atoms with E-state index < -0.39 is 0 Å². The smallest absolute Gasteiger partial charge is 0.117 e. The van der Waals surface area contributed by atoms with E-state index in [-0.39, 0.29) is 0 Å². The van der Waals surface area contributed by atoms with Crippen molar-refractivity contribution in [1.29, 1.82) is 0 Å². The summed E-state index contributed by atoms with van der Waals surface area (Å²) in [6.45, 7) is 0.932. The van der Waals surface area contributed by atoms with Crippen LogP contribution in [-0.4, -0.2) is 23.7 Å². The predicted octanol–water partition coefficient (Wildman–Crippen LogP) is 1.24. The Balaban J connectivity index is 2.03. The van der Waals surface area contributed by atoms with Gasteiger partial charge in [-0.05, 0) is 30.9 Å². The first kappa shape index (κ1) is 9.04. The molecule has 3 heteroatoms. The molecule has 0 bridgehead atoms. The molecule has 0 saturated carbocycles. The van der Waals surface area contributed by atoms with E-state index in [1.165, 1.54) is 17.7 Å². The van der Waals surface area contributed by atoms with Crippen molar-refractivity contribution in [3.05, 3.63) is 23.8 Å².